The molecule has 2 aromatic carbocycles. The Morgan fingerprint density at radius 1 is 1.08 bits per heavy atom. The minimum atomic E-state index is -0.232. The third-order valence-electron chi connectivity index (χ3n) is 4.97. The van der Waals surface area contributed by atoms with Crippen LogP contribution >= 0.6 is 0 Å². The first-order valence-electron chi connectivity index (χ1n) is 8.71. The van der Waals surface area contributed by atoms with Crippen LogP contribution in [0.4, 0.5) is 0 Å². The van der Waals surface area contributed by atoms with Gasteiger partial charge in [0.2, 0.25) is 0 Å². The van der Waals surface area contributed by atoms with Crippen LogP contribution in [0.1, 0.15) is 22.3 Å². The smallest absolute Gasteiger partial charge is 0.271 e. The average molecular weight is 344 g/mol. The molecule has 2 aliphatic rings. The lowest BCUT2D eigenvalue weighted by atomic mass is 9.92. The molecule has 4 rings (SSSR count). The Kier molecular flexibility index (Phi) is 4.40. The Morgan fingerprint density at radius 2 is 1.81 bits per heavy atom. The summed E-state index contributed by atoms with van der Waals surface area (Å²) in [5.41, 5.74) is 6.92. The molecule has 2 atom stereocenters. The molecule has 4 nitrogen and oxygen atoms in total. The van der Waals surface area contributed by atoms with E-state index in [1.54, 1.807) is 37.6 Å². The highest BCUT2D eigenvalue weighted by Gasteiger charge is 2.34. The van der Waals surface area contributed by atoms with Crippen molar-refractivity contribution in [1.29, 1.82) is 0 Å². The van der Waals surface area contributed by atoms with Gasteiger partial charge in [-0.1, -0.05) is 42.5 Å². The van der Waals surface area contributed by atoms with E-state index in [-0.39, 0.29) is 5.91 Å². The van der Waals surface area contributed by atoms with Gasteiger partial charge in [0.05, 0.1) is 13.3 Å². The number of nitrogens with zero attached hydrogens (tertiary/aromatic N) is 1. The van der Waals surface area contributed by atoms with Gasteiger partial charge in [0.15, 0.2) is 0 Å². The third-order valence-corrected chi connectivity index (χ3v) is 4.97. The van der Waals surface area contributed by atoms with Gasteiger partial charge in [-0.2, -0.15) is 5.10 Å². The molecule has 0 saturated carbocycles. The van der Waals surface area contributed by atoms with Crippen LogP contribution in [0, 0.1) is 11.8 Å². The summed E-state index contributed by atoms with van der Waals surface area (Å²) >= 11 is 0. The quantitative estimate of drug-likeness (QED) is 0.505. The minimum Gasteiger partial charge on any atom is -0.497 e. The van der Waals surface area contributed by atoms with Gasteiger partial charge in [-0.3, -0.25) is 4.79 Å². The summed E-state index contributed by atoms with van der Waals surface area (Å²) in [4.78, 5) is 12.2. The van der Waals surface area contributed by atoms with Gasteiger partial charge in [-0.05, 0) is 47.4 Å². The molecule has 1 N–H and O–H groups in total. The van der Waals surface area contributed by atoms with Crippen molar-refractivity contribution < 1.29 is 9.53 Å². The summed E-state index contributed by atoms with van der Waals surface area (Å²) < 4.78 is 5.11. The minimum absolute atomic E-state index is 0.232. The maximum Gasteiger partial charge on any atom is 0.271 e. The lowest BCUT2D eigenvalue weighted by Gasteiger charge is -2.13. The fraction of sp³-hybridized carbons (Fsp3) is 0.182. The number of hydrogen-bond donors (Lipinski definition) is 1. The van der Waals surface area contributed by atoms with Crippen LogP contribution in [-0.2, 0) is 0 Å². The number of rotatable bonds is 5. The molecule has 2 aliphatic carbocycles. The summed E-state index contributed by atoms with van der Waals surface area (Å²) in [6.07, 6.45) is 7.42. The lowest BCUT2D eigenvalue weighted by Crippen LogP contribution is -2.18. The first-order valence-corrected chi connectivity index (χ1v) is 8.71. The second-order valence-electron chi connectivity index (χ2n) is 6.50. The molecule has 2 aromatic rings. The Balaban J connectivity index is 1.51. The van der Waals surface area contributed by atoms with Crippen molar-refractivity contribution in [3.05, 3.63) is 83.4 Å². The monoisotopic (exact) mass is 344 g/mol. The van der Waals surface area contributed by atoms with Crippen LogP contribution in [0.2, 0.25) is 0 Å². The SMILES string of the molecule is COc1ccc(C(=O)N/N=C\C2=C(c3ccccc3)[C@H]3C=C[C@@H]2C3)cc1. The highest BCUT2D eigenvalue weighted by Crippen LogP contribution is 2.47. The number of allylic oxidation sites excluding steroid dienone is 4. The van der Waals surface area contributed by atoms with E-state index in [0.29, 0.717) is 17.4 Å². The standard InChI is InChI=1S/C22H20N2O2/c1-26-19-11-9-16(10-12-19)22(25)24-23-14-20-17-7-8-18(13-17)21(20)15-5-3-2-4-6-15/h2-12,14,17-18H,13H2,1H3,(H,24,25)/b23-14-/t17-,18+/m1/s1. The first-order chi connectivity index (χ1) is 12.8. The summed E-state index contributed by atoms with van der Waals surface area (Å²) in [6, 6.07) is 17.4. The van der Waals surface area contributed by atoms with Crippen molar-refractivity contribution in [3.63, 3.8) is 0 Å². The maximum absolute atomic E-state index is 12.2. The highest BCUT2D eigenvalue weighted by atomic mass is 16.5. The Morgan fingerprint density at radius 3 is 2.54 bits per heavy atom. The molecule has 0 aliphatic heterocycles. The number of nitrogens with one attached hydrogen (secondary N) is 1. The fourth-order valence-corrected chi connectivity index (χ4v) is 3.69. The maximum atomic E-state index is 12.2. The van der Waals surface area contributed by atoms with Crippen LogP contribution in [-0.4, -0.2) is 19.2 Å². The number of carbonyl (C=O) groups excluding carboxylic acids is 1. The van der Waals surface area contributed by atoms with Crippen molar-refractivity contribution in [3.8, 4) is 5.75 Å². The molecule has 2 bridgehead atoms. The topological polar surface area (TPSA) is 50.7 Å². The van der Waals surface area contributed by atoms with Crippen LogP contribution in [0.5, 0.6) is 5.75 Å². The summed E-state index contributed by atoms with van der Waals surface area (Å²) in [7, 11) is 1.60. The van der Waals surface area contributed by atoms with E-state index in [2.05, 4.69) is 46.9 Å². The molecule has 0 fully saturated rings. The van der Waals surface area contributed by atoms with Crippen molar-refractivity contribution in [2.24, 2.45) is 16.9 Å². The van der Waals surface area contributed by atoms with E-state index in [4.69, 9.17) is 4.74 Å². The van der Waals surface area contributed by atoms with Crippen molar-refractivity contribution in [2.45, 2.75) is 6.42 Å². The number of methoxy groups -OCH3 is 1. The van der Waals surface area contributed by atoms with Gasteiger partial charge in [0.1, 0.15) is 5.75 Å². The van der Waals surface area contributed by atoms with Gasteiger partial charge >= 0.3 is 0 Å². The molecular formula is C22H20N2O2. The number of ether oxygens (including phenoxy) is 1. The van der Waals surface area contributed by atoms with Crippen molar-refractivity contribution in [1.82, 2.24) is 5.43 Å². The molecule has 130 valence electrons. The van der Waals surface area contributed by atoms with E-state index >= 15 is 0 Å². The zero-order valence-corrected chi connectivity index (χ0v) is 14.6. The fourth-order valence-electron chi connectivity index (χ4n) is 3.69. The van der Waals surface area contributed by atoms with E-state index in [9.17, 15) is 4.79 Å². The number of carbonyl (C=O) groups is 1. The molecule has 0 unspecified atom stereocenters. The van der Waals surface area contributed by atoms with Crippen LogP contribution in [0.15, 0.2) is 77.4 Å². The van der Waals surface area contributed by atoms with Crippen molar-refractivity contribution >= 4 is 17.7 Å². The molecule has 0 heterocycles. The average Bonchev–Trinajstić information content (AvgIpc) is 3.30. The Labute approximate surface area is 152 Å². The summed E-state index contributed by atoms with van der Waals surface area (Å²) in [5, 5.41) is 4.22. The van der Waals surface area contributed by atoms with Gasteiger partial charge in [-0.15, -0.1) is 0 Å². The predicted molar refractivity (Wildman–Crippen MR) is 103 cm³/mol. The molecule has 1 amide bonds. The molecule has 26 heavy (non-hydrogen) atoms. The number of benzene rings is 2. The molecule has 0 aromatic heterocycles. The van der Waals surface area contributed by atoms with E-state index in [1.165, 1.54) is 16.7 Å². The van der Waals surface area contributed by atoms with E-state index in [0.717, 1.165) is 12.2 Å². The number of amides is 1. The second-order valence-corrected chi connectivity index (χ2v) is 6.50. The molecule has 0 saturated heterocycles. The van der Waals surface area contributed by atoms with Crippen LogP contribution in [0.3, 0.4) is 0 Å². The molecular weight excluding hydrogens is 324 g/mol. The van der Waals surface area contributed by atoms with Gasteiger partial charge < -0.3 is 4.74 Å². The Hall–Kier alpha value is -3.14. The zero-order chi connectivity index (χ0) is 17.9. The lowest BCUT2D eigenvalue weighted by molar-refractivity contribution is 0.0955. The third kappa shape index (κ3) is 3.06. The first kappa shape index (κ1) is 16.3. The van der Waals surface area contributed by atoms with E-state index in [1.807, 2.05) is 6.07 Å². The van der Waals surface area contributed by atoms with Gasteiger partial charge in [-0.25, -0.2) is 5.43 Å². The summed E-state index contributed by atoms with van der Waals surface area (Å²) in [6.45, 7) is 0. The normalized spacial score (nSPS) is 20.8. The van der Waals surface area contributed by atoms with E-state index < -0.39 is 0 Å². The second kappa shape index (κ2) is 7.00. The van der Waals surface area contributed by atoms with Crippen LogP contribution in [0.25, 0.3) is 5.57 Å². The zero-order valence-electron chi connectivity index (χ0n) is 14.6. The number of fused-ring (bicyclic) bond motifs is 2. The van der Waals surface area contributed by atoms with Crippen LogP contribution < -0.4 is 10.2 Å². The largest absolute Gasteiger partial charge is 0.497 e. The predicted octanol–water partition coefficient (Wildman–Crippen LogP) is 4.07. The molecule has 0 spiro atoms. The molecule has 4 heteroatoms. The number of hydrogen-bond acceptors (Lipinski definition) is 3. The molecule has 0 radical (unpaired) electrons. The number of hydrazone groups is 1. The summed E-state index contributed by atoms with van der Waals surface area (Å²) in [5.74, 6) is 1.32. The van der Waals surface area contributed by atoms with Gasteiger partial charge in [0, 0.05) is 17.4 Å². The van der Waals surface area contributed by atoms with Crippen molar-refractivity contribution in [2.75, 3.05) is 7.11 Å². The highest BCUT2D eigenvalue weighted by molar-refractivity contribution is 5.98. The Bertz CT molecular complexity index is 895. The van der Waals surface area contributed by atoms with Gasteiger partial charge in [0.25, 0.3) is 5.91 Å².